The highest BCUT2D eigenvalue weighted by Crippen LogP contribution is 2.30. The molecule has 2 N–H and O–H groups in total. The number of pyridine rings is 1. The van der Waals surface area contributed by atoms with Crippen LogP contribution in [0.3, 0.4) is 0 Å². The number of nitrogens with zero attached hydrogens (tertiary/aromatic N) is 1. The van der Waals surface area contributed by atoms with E-state index in [1.54, 1.807) is 0 Å². The van der Waals surface area contributed by atoms with Crippen molar-refractivity contribution in [1.82, 2.24) is 10.3 Å². The fourth-order valence-corrected chi connectivity index (χ4v) is 5.38. The molecule has 0 spiro atoms. The number of aromatic nitrogens is 1. The van der Waals surface area contributed by atoms with Gasteiger partial charge in [-0.05, 0) is 81.7 Å². The van der Waals surface area contributed by atoms with Crippen LogP contribution in [0.1, 0.15) is 78.2 Å². The summed E-state index contributed by atoms with van der Waals surface area (Å²) in [7, 11) is 0. The van der Waals surface area contributed by atoms with E-state index in [1.165, 1.54) is 5.69 Å². The zero-order valence-corrected chi connectivity index (χ0v) is 20.0. The first kappa shape index (κ1) is 23.6. The van der Waals surface area contributed by atoms with Gasteiger partial charge in [-0.15, -0.1) is 0 Å². The number of hydrogen-bond acceptors (Lipinski definition) is 4. The number of carbonyl (C=O) groups is 1. The predicted octanol–water partition coefficient (Wildman–Crippen LogP) is 4.28. The van der Waals surface area contributed by atoms with Crippen molar-refractivity contribution in [1.29, 1.82) is 0 Å². The molecule has 6 heteroatoms. The number of amides is 1. The van der Waals surface area contributed by atoms with Gasteiger partial charge >= 0.3 is 0 Å². The SMILES string of the molecule is CCN(c1cccc2c1CCCCCCc1cc(C)[nH]c(=O)c1CNC2=O)C1CCOCC1. The van der Waals surface area contributed by atoms with Gasteiger partial charge in [-0.1, -0.05) is 18.9 Å². The molecule has 178 valence electrons. The topological polar surface area (TPSA) is 74.4 Å². The third-order valence-corrected chi connectivity index (χ3v) is 7.09. The van der Waals surface area contributed by atoms with Crippen molar-refractivity contribution in [2.75, 3.05) is 24.7 Å². The van der Waals surface area contributed by atoms with E-state index >= 15 is 0 Å². The third-order valence-electron chi connectivity index (χ3n) is 7.09. The number of aromatic amines is 1. The monoisotopic (exact) mass is 451 g/mol. The number of carbonyl (C=O) groups excluding carboxylic acids is 1. The second-order valence-corrected chi connectivity index (χ2v) is 9.31. The molecule has 6 nitrogen and oxygen atoms in total. The minimum Gasteiger partial charge on any atom is -0.381 e. The van der Waals surface area contributed by atoms with Crippen molar-refractivity contribution in [2.45, 2.75) is 77.8 Å². The molecular weight excluding hydrogens is 414 g/mol. The van der Waals surface area contributed by atoms with Crippen molar-refractivity contribution in [3.8, 4) is 0 Å². The molecule has 1 aromatic carbocycles. The van der Waals surface area contributed by atoms with Gasteiger partial charge in [-0.3, -0.25) is 9.59 Å². The number of anilines is 1. The van der Waals surface area contributed by atoms with E-state index in [9.17, 15) is 9.59 Å². The Morgan fingerprint density at radius 1 is 1.03 bits per heavy atom. The molecule has 0 saturated carbocycles. The molecule has 1 aromatic heterocycles. The van der Waals surface area contributed by atoms with E-state index in [1.807, 2.05) is 19.1 Å². The van der Waals surface area contributed by atoms with Gasteiger partial charge in [0.05, 0.1) is 0 Å². The lowest BCUT2D eigenvalue weighted by molar-refractivity contribution is 0.0845. The molecule has 2 aliphatic heterocycles. The van der Waals surface area contributed by atoms with Gasteiger partial charge in [0.1, 0.15) is 0 Å². The molecule has 3 heterocycles. The van der Waals surface area contributed by atoms with Gasteiger partial charge in [-0.2, -0.15) is 0 Å². The van der Waals surface area contributed by atoms with E-state index in [-0.39, 0.29) is 18.0 Å². The first-order chi connectivity index (χ1) is 16.1. The van der Waals surface area contributed by atoms with Crippen LogP contribution in [0.4, 0.5) is 5.69 Å². The van der Waals surface area contributed by atoms with Crippen LogP contribution in [0.25, 0.3) is 0 Å². The first-order valence-electron chi connectivity index (χ1n) is 12.5. The fourth-order valence-electron chi connectivity index (χ4n) is 5.38. The number of fused-ring (bicyclic) bond motifs is 2. The summed E-state index contributed by atoms with van der Waals surface area (Å²) < 4.78 is 5.59. The summed E-state index contributed by atoms with van der Waals surface area (Å²) in [6.07, 6.45) is 8.17. The van der Waals surface area contributed by atoms with Crippen LogP contribution in [-0.4, -0.2) is 36.7 Å². The van der Waals surface area contributed by atoms with Crippen LogP contribution in [0.5, 0.6) is 0 Å². The Kier molecular flexibility index (Phi) is 7.86. The maximum Gasteiger partial charge on any atom is 0.253 e. The molecule has 1 amide bonds. The lowest BCUT2D eigenvalue weighted by Gasteiger charge is -2.37. The number of aryl methyl sites for hydroxylation is 2. The molecule has 1 saturated heterocycles. The van der Waals surface area contributed by atoms with Gasteiger partial charge < -0.3 is 19.9 Å². The van der Waals surface area contributed by atoms with Gasteiger partial charge in [0.2, 0.25) is 0 Å². The van der Waals surface area contributed by atoms with Gasteiger partial charge in [0, 0.05) is 54.9 Å². The number of rotatable bonds is 3. The highest BCUT2D eigenvalue weighted by Gasteiger charge is 2.25. The minimum absolute atomic E-state index is 0.0918. The molecule has 0 aliphatic carbocycles. The number of H-pyrrole nitrogens is 1. The Morgan fingerprint density at radius 2 is 1.79 bits per heavy atom. The lowest BCUT2D eigenvalue weighted by atomic mass is 9.95. The van der Waals surface area contributed by atoms with Crippen LogP contribution >= 0.6 is 0 Å². The maximum atomic E-state index is 13.4. The minimum atomic E-state index is -0.0972. The van der Waals surface area contributed by atoms with Crippen molar-refractivity contribution in [2.24, 2.45) is 0 Å². The summed E-state index contributed by atoms with van der Waals surface area (Å²) in [5, 5.41) is 3.06. The Balaban J connectivity index is 1.68. The van der Waals surface area contributed by atoms with Crippen molar-refractivity contribution in [3.05, 3.63) is 62.6 Å². The molecule has 1 fully saturated rings. The second kappa shape index (κ2) is 11.0. The van der Waals surface area contributed by atoms with E-state index in [2.05, 4.69) is 34.3 Å². The number of nitrogens with one attached hydrogen (secondary N) is 2. The van der Waals surface area contributed by atoms with E-state index in [0.717, 1.165) is 93.5 Å². The Hall–Kier alpha value is -2.60. The van der Waals surface area contributed by atoms with Crippen LogP contribution in [0, 0.1) is 6.92 Å². The summed E-state index contributed by atoms with van der Waals surface area (Å²) in [5.74, 6) is -0.0972. The zero-order valence-electron chi connectivity index (χ0n) is 20.0. The van der Waals surface area contributed by atoms with Crippen LogP contribution < -0.4 is 15.8 Å². The van der Waals surface area contributed by atoms with Crippen molar-refractivity contribution >= 4 is 11.6 Å². The molecule has 0 unspecified atom stereocenters. The molecule has 2 aromatic rings. The quantitative estimate of drug-likeness (QED) is 0.731. The molecule has 4 rings (SSSR count). The Labute approximate surface area is 196 Å². The average Bonchev–Trinajstić information content (AvgIpc) is 2.83. The molecule has 0 atom stereocenters. The number of benzene rings is 1. The first-order valence-corrected chi connectivity index (χ1v) is 12.5. The molecular formula is C27H37N3O3. The highest BCUT2D eigenvalue weighted by atomic mass is 16.5. The standard InChI is InChI=1S/C27H37N3O3/c1-3-30(21-13-15-33-16-14-21)25-12-8-11-23-22(25)10-7-5-4-6-9-20-17-19(2)29-27(32)24(20)18-28-26(23)31/h8,11-12,17,21H,3-7,9-10,13-16,18H2,1-2H3,(H,28,31)(H,29,32). The average molecular weight is 452 g/mol. The Morgan fingerprint density at radius 3 is 2.55 bits per heavy atom. The molecule has 0 bridgehead atoms. The van der Waals surface area contributed by atoms with Crippen molar-refractivity contribution in [3.63, 3.8) is 0 Å². The summed E-state index contributed by atoms with van der Waals surface area (Å²) in [5.41, 5.74) is 5.58. The van der Waals surface area contributed by atoms with Gasteiger partial charge in [0.25, 0.3) is 11.5 Å². The summed E-state index contributed by atoms with van der Waals surface area (Å²) in [6, 6.07) is 8.61. The Bertz CT molecular complexity index is 1020. The number of hydrogen-bond donors (Lipinski definition) is 2. The molecule has 2 aliphatic rings. The summed E-state index contributed by atoms with van der Waals surface area (Å²) in [4.78, 5) is 31.4. The molecule has 33 heavy (non-hydrogen) atoms. The van der Waals surface area contributed by atoms with Gasteiger partial charge in [0.15, 0.2) is 0 Å². The van der Waals surface area contributed by atoms with Crippen molar-refractivity contribution < 1.29 is 9.53 Å². The third kappa shape index (κ3) is 5.49. The normalized spacial score (nSPS) is 18.2. The largest absolute Gasteiger partial charge is 0.381 e. The second-order valence-electron chi connectivity index (χ2n) is 9.31. The van der Waals surface area contributed by atoms with E-state index in [4.69, 9.17) is 4.74 Å². The number of ether oxygens (including phenoxy) is 1. The van der Waals surface area contributed by atoms with Crippen LogP contribution in [-0.2, 0) is 24.1 Å². The summed E-state index contributed by atoms with van der Waals surface area (Å²) in [6.45, 7) is 6.86. The van der Waals surface area contributed by atoms with Crippen LogP contribution in [0.2, 0.25) is 0 Å². The smallest absolute Gasteiger partial charge is 0.253 e. The maximum absolute atomic E-state index is 13.4. The summed E-state index contributed by atoms with van der Waals surface area (Å²) >= 11 is 0. The predicted molar refractivity (Wildman–Crippen MR) is 132 cm³/mol. The van der Waals surface area contributed by atoms with E-state index in [0.29, 0.717) is 11.6 Å². The zero-order chi connectivity index (χ0) is 23.2. The lowest BCUT2D eigenvalue weighted by Crippen LogP contribution is -2.40. The van der Waals surface area contributed by atoms with Gasteiger partial charge in [-0.25, -0.2) is 0 Å². The fraction of sp³-hybridized carbons (Fsp3) is 0.556. The van der Waals surface area contributed by atoms with Crippen LogP contribution in [0.15, 0.2) is 29.1 Å². The van der Waals surface area contributed by atoms with E-state index < -0.39 is 0 Å². The highest BCUT2D eigenvalue weighted by molar-refractivity contribution is 5.97. The molecule has 0 radical (unpaired) electrons.